The van der Waals surface area contributed by atoms with Crippen LogP contribution >= 0.6 is 11.6 Å². The number of imidazole rings is 1. The summed E-state index contributed by atoms with van der Waals surface area (Å²) in [5.74, 6) is 1.50. The van der Waals surface area contributed by atoms with E-state index in [4.69, 9.17) is 17.3 Å². The molecule has 20 heavy (non-hydrogen) atoms. The third-order valence-electron chi connectivity index (χ3n) is 3.29. The highest BCUT2D eigenvalue weighted by Gasteiger charge is 2.14. The van der Waals surface area contributed by atoms with Gasteiger partial charge in [-0.25, -0.2) is 4.98 Å². The maximum absolute atomic E-state index is 6.18. The fourth-order valence-corrected chi connectivity index (χ4v) is 2.30. The Kier molecular flexibility index (Phi) is 3.20. The molecule has 1 aromatic heterocycles. The first-order valence-corrected chi connectivity index (χ1v) is 6.68. The number of anilines is 1. The maximum Gasteiger partial charge on any atom is 0.142 e. The molecule has 0 fully saturated rings. The van der Waals surface area contributed by atoms with E-state index in [1.807, 2.05) is 66.2 Å². The Hall–Kier alpha value is -2.26. The lowest BCUT2D eigenvalue weighted by atomic mass is 10.1. The van der Waals surface area contributed by atoms with Gasteiger partial charge in [-0.2, -0.15) is 0 Å². The highest BCUT2D eigenvalue weighted by atomic mass is 35.5. The zero-order chi connectivity index (χ0) is 14.1. The summed E-state index contributed by atoms with van der Waals surface area (Å²) in [5, 5.41) is 0.700. The fraction of sp³-hybridized carbons (Fsp3) is 0.0625. The van der Waals surface area contributed by atoms with Crippen LogP contribution in [0.5, 0.6) is 0 Å². The van der Waals surface area contributed by atoms with Crippen LogP contribution in [-0.4, -0.2) is 9.55 Å². The van der Waals surface area contributed by atoms with Crippen molar-refractivity contribution < 1.29 is 0 Å². The van der Waals surface area contributed by atoms with Crippen LogP contribution in [0, 0.1) is 0 Å². The molecule has 4 heteroatoms. The summed E-state index contributed by atoms with van der Waals surface area (Å²) in [6, 6.07) is 17.5. The fourth-order valence-electron chi connectivity index (χ4n) is 2.18. The predicted octanol–water partition coefficient (Wildman–Crippen LogP) is 3.99. The van der Waals surface area contributed by atoms with Crippen LogP contribution in [0.1, 0.15) is 0 Å². The van der Waals surface area contributed by atoms with Crippen molar-refractivity contribution in [3.05, 3.63) is 59.6 Å². The molecule has 3 nitrogen and oxygen atoms in total. The largest absolute Gasteiger partial charge is 0.383 e. The second-order valence-corrected chi connectivity index (χ2v) is 5.04. The number of rotatable bonds is 2. The van der Waals surface area contributed by atoms with Crippen molar-refractivity contribution in [1.29, 1.82) is 0 Å². The smallest absolute Gasteiger partial charge is 0.142 e. The molecule has 0 unspecified atom stereocenters. The standard InChI is InChI=1S/C16H14ClN3/c1-20-15(18)14(11-7-9-13(17)10-8-11)19-16(20)12-5-3-2-4-6-12/h2-10H,18H2,1H3. The maximum atomic E-state index is 6.18. The monoisotopic (exact) mass is 283 g/mol. The van der Waals surface area contributed by atoms with Crippen LogP contribution in [0.4, 0.5) is 5.82 Å². The SMILES string of the molecule is Cn1c(-c2ccccc2)nc(-c2ccc(Cl)cc2)c1N. The van der Waals surface area contributed by atoms with E-state index in [2.05, 4.69) is 4.98 Å². The van der Waals surface area contributed by atoms with Crippen molar-refractivity contribution >= 4 is 17.4 Å². The van der Waals surface area contributed by atoms with Gasteiger partial charge in [0.2, 0.25) is 0 Å². The van der Waals surface area contributed by atoms with E-state index in [9.17, 15) is 0 Å². The molecular formula is C16H14ClN3. The molecular weight excluding hydrogens is 270 g/mol. The number of halogens is 1. The molecule has 0 aliphatic rings. The Bertz CT molecular complexity index is 730. The van der Waals surface area contributed by atoms with Gasteiger partial charge in [-0.1, -0.05) is 54.1 Å². The Labute approximate surface area is 122 Å². The Morgan fingerprint density at radius 3 is 2.25 bits per heavy atom. The van der Waals surface area contributed by atoms with E-state index in [-0.39, 0.29) is 0 Å². The zero-order valence-corrected chi connectivity index (χ0v) is 11.8. The van der Waals surface area contributed by atoms with Gasteiger partial charge in [-0.3, -0.25) is 0 Å². The topological polar surface area (TPSA) is 43.8 Å². The van der Waals surface area contributed by atoms with Crippen molar-refractivity contribution in [3.8, 4) is 22.6 Å². The van der Waals surface area contributed by atoms with Gasteiger partial charge in [0.25, 0.3) is 0 Å². The summed E-state index contributed by atoms with van der Waals surface area (Å²) in [6.45, 7) is 0. The molecule has 3 rings (SSSR count). The van der Waals surface area contributed by atoms with E-state index in [0.717, 1.165) is 22.6 Å². The molecule has 0 radical (unpaired) electrons. The van der Waals surface area contributed by atoms with Crippen LogP contribution in [0.2, 0.25) is 5.02 Å². The summed E-state index contributed by atoms with van der Waals surface area (Å²) in [4.78, 5) is 4.67. The van der Waals surface area contributed by atoms with E-state index in [1.54, 1.807) is 0 Å². The van der Waals surface area contributed by atoms with Gasteiger partial charge in [0.15, 0.2) is 0 Å². The third kappa shape index (κ3) is 2.17. The number of benzene rings is 2. The van der Waals surface area contributed by atoms with E-state index in [1.165, 1.54) is 0 Å². The highest BCUT2D eigenvalue weighted by Crippen LogP contribution is 2.30. The van der Waals surface area contributed by atoms with Gasteiger partial charge in [0.05, 0.1) is 0 Å². The van der Waals surface area contributed by atoms with Crippen molar-refractivity contribution in [2.75, 3.05) is 5.73 Å². The number of nitrogens with zero attached hydrogens (tertiary/aromatic N) is 2. The minimum absolute atomic E-state index is 0.645. The van der Waals surface area contributed by atoms with Gasteiger partial charge >= 0.3 is 0 Å². The van der Waals surface area contributed by atoms with Crippen LogP contribution < -0.4 is 5.73 Å². The van der Waals surface area contributed by atoms with E-state index >= 15 is 0 Å². The normalized spacial score (nSPS) is 10.7. The second kappa shape index (κ2) is 5.02. The van der Waals surface area contributed by atoms with Crippen molar-refractivity contribution in [1.82, 2.24) is 9.55 Å². The van der Waals surface area contributed by atoms with Gasteiger partial charge in [0, 0.05) is 23.2 Å². The minimum Gasteiger partial charge on any atom is -0.383 e. The molecule has 0 aliphatic heterocycles. The van der Waals surface area contributed by atoms with Crippen LogP contribution in [0.15, 0.2) is 54.6 Å². The van der Waals surface area contributed by atoms with E-state index in [0.29, 0.717) is 10.8 Å². The Morgan fingerprint density at radius 2 is 1.60 bits per heavy atom. The summed E-state index contributed by atoms with van der Waals surface area (Å²) < 4.78 is 1.90. The van der Waals surface area contributed by atoms with Crippen molar-refractivity contribution in [2.24, 2.45) is 7.05 Å². The van der Waals surface area contributed by atoms with Crippen molar-refractivity contribution in [3.63, 3.8) is 0 Å². The molecule has 0 aliphatic carbocycles. The Balaban J connectivity index is 2.13. The first kappa shape index (κ1) is 12.8. The van der Waals surface area contributed by atoms with Gasteiger partial charge in [0.1, 0.15) is 17.3 Å². The summed E-state index contributed by atoms with van der Waals surface area (Å²) >= 11 is 5.91. The molecule has 0 saturated carbocycles. The molecule has 0 saturated heterocycles. The number of nitrogens with two attached hydrogens (primary N) is 1. The average molecular weight is 284 g/mol. The molecule has 3 aromatic rings. The molecule has 2 aromatic carbocycles. The quantitative estimate of drug-likeness (QED) is 0.773. The Morgan fingerprint density at radius 1 is 0.950 bits per heavy atom. The predicted molar refractivity (Wildman–Crippen MR) is 83.5 cm³/mol. The summed E-state index contributed by atoms with van der Waals surface area (Å²) in [7, 11) is 1.92. The molecule has 2 N–H and O–H groups in total. The lowest BCUT2D eigenvalue weighted by Crippen LogP contribution is -1.98. The highest BCUT2D eigenvalue weighted by molar-refractivity contribution is 6.30. The van der Waals surface area contributed by atoms with Crippen molar-refractivity contribution in [2.45, 2.75) is 0 Å². The number of aromatic nitrogens is 2. The molecule has 100 valence electrons. The van der Waals surface area contributed by atoms with Gasteiger partial charge in [-0.15, -0.1) is 0 Å². The minimum atomic E-state index is 0.645. The second-order valence-electron chi connectivity index (χ2n) is 4.60. The number of hydrogen-bond acceptors (Lipinski definition) is 2. The lowest BCUT2D eigenvalue weighted by molar-refractivity contribution is 0.937. The first-order chi connectivity index (χ1) is 9.66. The van der Waals surface area contributed by atoms with Gasteiger partial charge in [-0.05, 0) is 12.1 Å². The lowest BCUT2D eigenvalue weighted by Gasteiger charge is -2.02. The van der Waals surface area contributed by atoms with Crippen LogP contribution in [-0.2, 0) is 7.05 Å². The average Bonchev–Trinajstić information content (AvgIpc) is 2.77. The van der Waals surface area contributed by atoms with Gasteiger partial charge < -0.3 is 10.3 Å². The third-order valence-corrected chi connectivity index (χ3v) is 3.54. The number of nitrogen functional groups attached to an aromatic ring is 1. The molecule has 0 bridgehead atoms. The van der Waals surface area contributed by atoms with Crippen LogP contribution in [0.3, 0.4) is 0 Å². The molecule has 0 atom stereocenters. The molecule has 0 spiro atoms. The first-order valence-electron chi connectivity index (χ1n) is 6.30. The summed E-state index contributed by atoms with van der Waals surface area (Å²) in [5.41, 5.74) is 8.96. The molecule has 0 amide bonds. The summed E-state index contributed by atoms with van der Waals surface area (Å²) in [6.07, 6.45) is 0. The zero-order valence-electron chi connectivity index (χ0n) is 11.0. The van der Waals surface area contributed by atoms with E-state index < -0.39 is 0 Å². The van der Waals surface area contributed by atoms with Crippen LogP contribution in [0.25, 0.3) is 22.6 Å². The number of hydrogen-bond donors (Lipinski definition) is 1. The molecule has 1 heterocycles.